The van der Waals surface area contributed by atoms with Crippen molar-refractivity contribution >= 4 is 12.2 Å². The summed E-state index contributed by atoms with van der Waals surface area (Å²) in [6.45, 7) is 2.86. The molecule has 0 aliphatic carbocycles. The zero-order valence-corrected chi connectivity index (χ0v) is 13.3. The lowest BCUT2D eigenvalue weighted by molar-refractivity contribution is -0.361. The van der Waals surface area contributed by atoms with E-state index >= 15 is 0 Å². The second kappa shape index (κ2) is 7.79. The second-order valence-corrected chi connectivity index (χ2v) is 4.75. The Morgan fingerprint density at radius 3 is 2.27 bits per heavy atom. The minimum Gasteiger partial charge on any atom is -0.490 e. The van der Waals surface area contributed by atoms with E-state index in [1.807, 2.05) is 0 Å². The molecule has 0 heterocycles. The van der Waals surface area contributed by atoms with Crippen LogP contribution in [0.15, 0.2) is 23.3 Å². The summed E-state index contributed by atoms with van der Waals surface area (Å²) in [7, 11) is 0. The molecule has 0 atom stereocenters. The van der Waals surface area contributed by atoms with E-state index in [4.69, 9.17) is 9.47 Å². The molecule has 0 aliphatic heterocycles. The second-order valence-electron chi connectivity index (χ2n) is 4.75. The Hall–Kier alpha value is -2.53. The standard InChI is InChI=1S/C14H13F7N2O3/c1-3-25-11-6-9(4-5-10(11)26-8(2)24)7-22-23-14(20,21)12(15,16)13(17,18)19/h4-7,23H,3H2,1-2H3/b22-7-. The van der Waals surface area contributed by atoms with Gasteiger partial charge in [0.1, 0.15) is 0 Å². The van der Waals surface area contributed by atoms with Crippen molar-refractivity contribution in [3.8, 4) is 11.5 Å². The van der Waals surface area contributed by atoms with E-state index in [1.54, 1.807) is 6.92 Å². The molecule has 12 heteroatoms. The van der Waals surface area contributed by atoms with Crippen molar-refractivity contribution in [2.75, 3.05) is 6.61 Å². The van der Waals surface area contributed by atoms with Gasteiger partial charge in [0.2, 0.25) is 0 Å². The fourth-order valence-electron chi connectivity index (χ4n) is 1.55. The Labute approximate surface area is 142 Å². The van der Waals surface area contributed by atoms with Crippen LogP contribution < -0.4 is 14.9 Å². The molecule has 0 radical (unpaired) electrons. The summed E-state index contributed by atoms with van der Waals surface area (Å²) in [5, 5.41) is 2.72. The highest BCUT2D eigenvalue weighted by atomic mass is 19.4. The SMILES string of the molecule is CCOc1cc(/C=N\NC(F)(F)C(F)(F)C(F)(F)F)ccc1OC(C)=O. The third-order valence-corrected chi connectivity index (χ3v) is 2.69. The maximum Gasteiger partial charge on any atom is 0.462 e. The van der Waals surface area contributed by atoms with Gasteiger partial charge in [0.15, 0.2) is 11.5 Å². The molecule has 1 rings (SSSR count). The lowest BCUT2D eigenvalue weighted by Gasteiger charge is -2.27. The Bertz CT molecular complexity index is 675. The third kappa shape index (κ3) is 4.99. The van der Waals surface area contributed by atoms with Crippen LogP contribution in [0.5, 0.6) is 11.5 Å². The first-order valence-corrected chi connectivity index (χ1v) is 6.89. The van der Waals surface area contributed by atoms with E-state index in [1.165, 1.54) is 12.1 Å². The van der Waals surface area contributed by atoms with Crippen molar-refractivity contribution in [2.45, 2.75) is 32.0 Å². The number of alkyl halides is 7. The number of rotatable bonds is 7. The van der Waals surface area contributed by atoms with Gasteiger partial charge in [0, 0.05) is 6.92 Å². The molecule has 26 heavy (non-hydrogen) atoms. The zero-order valence-electron chi connectivity index (χ0n) is 13.3. The largest absolute Gasteiger partial charge is 0.490 e. The molecule has 0 spiro atoms. The number of nitrogens with zero attached hydrogens (tertiary/aromatic N) is 1. The third-order valence-electron chi connectivity index (χ3n) is 2.69. The number of halogens is 7. The minimum atomic E-state index is -6.47. The number of nitrogens with one attached hydrogen (secondary N) is 1. The average molecular weight is 390 g/mol. The number of esters is 1. The average Bonchev–Trinajstić information content (AvgIpc) is 2.48. The van der Waals surface area contributed by atoms with Crippen LogP contribution >= 0.6 is 0 Å². The van der Waals surface area contributed by atoms with Gasteiger partial charge in [-0.25, -0.2) is 5.43 Å². The molecule has 0 unspecified atom stereocenters. The molecule has 5 nitrogen and oxygen atoms in total. The topological polar surface area (TPSA) is 59.9 Å². The van der Waals surface area contributed by atoms with Gasteiger partial charge in [-0.3, -0.25) is 4.79 Å². The molecule has 0 saturated carbocycles. The van der Waals surface area contributed by atoms with Gasteiger partial charge in [0.25, 0.3) is 0 Å². The summed E-state index contributed by atoms with van der Waals surface area (Å²) in [4.78, 5) is 11.0. The van der Waals surface area contributed by atoms with Crippen LogP contribution in [0.4, 0.5) is 30.7 Å². The van der Waals surface area contributed by atoms with Crippen LogP contribution in [0, 0.1) is 0 Å². The number of hydrogen-bond acceptors (Lipinski definition) is 5. The Kier molecular flexibility index (Phi) is 6.44. The van der Waals surface area contributed by atoms with Crippen molar-refractivity contribution in [1.82, 2.24) is 5.43 Å². The van der Waals surface area contributed by atoms with Crippen molar-refractivity contribution in [1.29, 1.82) is 0 Å². The zero-order chi connectivity index (χ0) is 20.2. The van der Waals surface area contributed by atoms with E-state index in [0.29, 0.717) is 11.6 Å². The molecular formula is C14H13F7N2O3. The van der Waals surface area contributed by atoms with Crippen LogP contribution in [-0.2, 0) is 4.79 Å². The van der Waals surface area contributed by atoms with Crippen LogP contribution in [0.2, 0.25) is 0 Å². The number of benzene rings is 1. The first-order valence-electron chi connectivity index (χ1n) is 6.89. The van der Waals surface area contributed by atoms with Crippen LogP contribution in [-0.4, -0.2) is 36.9 Å². The van der Waals surface area contributed by atoms with Crippen LogP contribution in [0.25, 0.3) is 0 Å². The summed E-state index contributed by atoms with van der Waals surface area (Å²) in [6, 6.07) is -2.11. The fraction of sp³-hybridized carbons (Fsp3) is 0.429. The molecule has 0 bridgehead atoms. The number of ether oxygens (including phenoxy) is 2. The summed E-state index contributed by atoms with van der Waals surface area (Å²) >= 11 is 0. The molecule has 0 fully saturated rings. The number of hydrazone groups is 1. The maximum atomic E-state index is 13.0. The molecule has 0 aliphatic rings. The van der Waals surface area contributed by atoms with E-state index in [0.717, 1.165) is 13.0 Å². The molecule has 1 aromatic carbocycles. The van der Waals surface area contributed by atoms with Gasteiger partial charge >= 0.3 is 24.1 Å². The molecule has 1 aromatic rings. The molecule has 146 valence electrons. The monoisotopic (exact) mass is 390 g/mol. The van der Waals surface area contributed by atoms with Gasteiger partial charge in [-0.05, 0) is 30.7 Å². The highest BCUT2D eigenvalue weighted by Crippen LogP contribution is 2.45. The van der Waals surface area contributed by atoms with Gasteiger partial charge in [-0.1, -0.05) is 0 Å². The molecule has 0 amide bonds. The highest BCUT2D eigenvalue weighted by molar-refractivity contribution is 5.81. The smallest absolute Gasteiger partial charge is 0.462 e. The van der Waals surface area contributed by atoms with Gasteiger partial charge in [-0.15, -0.1) is 0 Å². The Morgan fingerprint density at radius 1 is 1.15 bits per heavy atom. The van der Waals surface area contributed by atoms with Gasteiger partial charge in [0.05, 0.1) is 12.8 Å². The van der Waals surface area contributed by atoms with Gasteiger partial charge in [-0.2, -0.15) is 35.8 Å². The summed E-state index contributed by atoms with van der Waals surface area (Å²) in [5.74, 6) is -6.98. The highest BCUT2D eigenvalue weighted by Gasteiger charge is 2.73. The normalized spacial score (nSPS) is 13.0. The Balaban J connectivity index is 2.98. The van der Waals surface area contributed by atoms with Gasteiger partial charge < -0.3 is 9.47 Å². The van der Waals surface area contributed by atoms with Crippen molar-refractivity contribution in [3.63, 3.8) is 0 Å². The predicted molar refractivity (Wildman–Crippen MR) is 75.6 cm³/mol. The van der Waals surface area contributed by atoms with E-state index in [9.17, 15) is 35.5 Å². The van der Waals surface area contributed by atoms with Crippen molar-refractivity contribution < 1.29 is 45.0 Å². The number of hydrogen-bond donors (Lipinski definition) is 1. The number of carbonyl (C=O) groups is 1. The minimum absolute atomic E-state index is 0.00149. The lowest BCUT2D eigenvalue weighted by Crippen LogP contribution is -2.58. The molecular weight excluding hydrogens is 377 g/mol. The van der Waals surface area contributed by atoms with Crippen LogP contribution in [0.1, 0.15) is 19.4 Å². The lowest BCUT2D eigenvalue weighted by atomic mass is 10.2. The summed E-state index contributed by atoms with van der Waals surface area (Å²) < 4.78 is 97.4. The van der Waals surface area contributed by atoms with Crippen molar-refractivity contribution in [2.24, 2.45) is 5.10 Å². The summed E-state index contributed by atoms with van der Waals surface area (Å²) in [6.07, 6.45) is -5.90. The van der Waals surface area contributed by atoms with Crippen molar-refractivity contribution in [3.05, 3.63) is 23.8 Å². The van der Waals surface area contributed by atoms with E-state index < -0.39 is 24.1 Å². The predicted octanol–water partition coefficient (Wildman–Crippen LogP) is 3.72. The first kappa shape index (κ1) is 21.5. The molecule has 1 N–H and O–H groups in total. The first-order chi connectivity index (χ1) is 11.8. The van der Waals surface area contributed by atoms with E-state index in [-0.39, 0.29) is 23.7 Å². The molecule has 0 saturated heterocycles. The molecule has 0 aromatic heterocycles. The van der Waals surface area contributed by atoms with E-state index in [2.05, 4.69) is 5.10 Å². The Morgan fingerprint density at radius 2 is 1.77 bits per heavy atom. The quantitative estimate of drug-likeness (QED) is 0.193. The van der Waals surface area contributed by atoms with Crippen LogP contribution in [0.3, 0.4) is 0 Å². The number of carbonyl (C=O) groups excluding carboxylic acids is 1. The fourth-order valence-corrected chi connectivity index (χ4v) is 1.55. The summed E-state index contributed by atoms with van der Waals surface area (Å²) in [5.41, 5.74) is 0.495. The maximum absolute atomic E-state index is 13.0.